The fourth-order valence-corrected chi connectivity index (χ4v) is 3.09. The minimum absolute atomic E-state index is 0.702. The number of benzene rings is 1. The van der Waals surface area contributed by atoms with Crippen molar-refractivity contribution >= 4 is 11.8 Å². The van der Waals surface area contributed by atoms with Crippen LogP contribution in [-0.4, -0.2) is 18.8 Å². The molecule has 16 heavy (non-hydrogen) atoms. The largest absolute Gasteiger partial charge is 0.314 e. The van der Waals surface area contributed by atoms with Crippen LogP contribution < -0.4 is 5.32 Å². The lowest BCUT2D eigenvalue weighted by atomic mass is 10.00. The molecule has 0 saturated carbocycles. The van der Waals surface area contributed by atoms with Gasteiger partial charge in [0, 0.05) is 10.9 Å². The molecule has 88 valence electrons. The minimum atomic E-state index is 0.702. The molecule has 1 aliphatic rings. The van der Waals surface area contributed by atoms with Crippen LogP contribution in [0.4, 0.5) is 0 Å². The summed E-state index contributed by atoms with van der Waals surface area (Å²) in [5, 5.41) is 3.58. The smallest absolute Gasteiger partial charge is 0.0108 e. The van der Waals surface area contributed by atoms with Crippen LogP contribution in [0.1, 0.15) is 29.5 Å². The summed E-state index contributed by atoms with van der Waals surface area (Å²) >= 11 is 1.87. The molecule has 0 spiro atoms. The maximum Gasteiger partial charge on any atom is 0.0108 e. The normalized spacial score (nSPS) is 20.3. The van der Waals surface area contributed by atoms with E-state index in [1.165, 1.54) is 47.4 Å². The molecule has 1 atom stereocenters. The van der Waals surface area contributed by atoms with Crippen molar-refractivity contribution in [2.45, 2.75) is 44.0 Å². The van der Waals surface area contributed by atoms with E-state index in [1.807, 2.05) is 11.8 Å². The molecule has 2 rings (SSSR count). The molecule has 0 radical (unpaired) electrons. The molecular weight excluding hydrogens is 214 g/mol. The van der Waals surface area contributed by atoms with E-state index in [0.717, 1.165) is 0 Å². The van der Waals surface area contributed by atoms with E-state index in [9.17, 15) is 0 Å². The minimum Gasteiger partial charge on any atom is -0.314 e. The number of aryl methyl sites for hydroxylation is 2. The summed E-state index contributed by atoms with van der Waals surface area (Å²) in [6.07, 6.45) is 6.04. The van der Waals surface area contributed by atoms with Gasteiger partial charge >= 0.3 is 0 Å². The van der Waals surface area contributed by atoms with Gasteiger partial charge in [0.15, 0.2) is 0 Å². The molecule has 1 heterocycles. The fourth-order valence-electron chi connectivity index (χ4n) is 2.40. The first-order valence-corrected chi connectivity index (χ1v) is 7.30. The third kappa shape index (κ3) is 2.61. The second kappa shape index (κ2) is 5.24. The van der Waals surface area contributed by atoms with Crippen LogP contribution in [0.15, 0.2) is 17.0 Å². The van der Waals surface area contributed by atoms with E-state index >= 15 is 0 Å². The number of hydrogen-bond acceptors (Lipinski definition) is 2. The maximum absolute atomic E-state index is 3.58. The van der Waals surface area contributed by atoms with E-state index in [2.05, 4.69) is 37.6 Å². The van der Waals surface area contributed by atoms with Crippen molar-refractivity contribution < 1.29 is 0 Å². The lowest BCUT2D eigenvalue weighted by molar-refractivity contribution is 0.598. The summed E-state index contributed by atoms with van der Waals surface area (Å²) < 4.78 is 0. The quantitative estimate of drug-likeness (QED) is 0.807. The van der Waals surface area contributed by atoms with Crippen molar-refractivity contribution in [1.29, 1.82) is 0 Å². The average Bonchev–Trinajstić information content (AvgIpc) is 2.76. The molecule has 0 bridgehead atoms. The second-order valence-electron chi connectivity index (χ2n) is 4.75. The Morgan fingerprint density at radius 3 is 2.69 bits per heavy atom. The molecule has 1 unspecified atom stereocenters. The van der Waals surface area contributed by atoms with Crippen LogP contribution in [-0.2, 0) is 6.42 Å². The molecule has 1 aromatic rings. The molecule has 1 saturated heterocycles. The highest BCUT2D eigenvalue weighted by Crippen LogP contribution is 2.26. The molecule has 1 fully saturated rings. The zero-order valence-corrected chi connectivity index (χ0v) is 11.3. The van der Waals surface area contributed by atoms with Crippen molar-refractivity contribution in [3.05, 3.63) is 28.8 Å². The van der Waals surface area contributed by atoms with E-state index in [0.29, 0.717) is 6.04 Å². The first-order chi connectivity index (χ1) is 7.70. The maximum atomic E-state index is 3.58. The summed E-state index contributed by atoms with van der Waals surface area (Å²) in [6.45, 7) is 5.61. The molecule has 1 aromatic carbocycles. The first-order valence-electron chi connectivity index (χ1n) is 6.08. The van der Waals surface area contributed by atoms with Crippen LogP contribution >= 0.6 is 11.8 Å². The lowest BCUT2D eigenvalue weighted by Crippen LogP contribution is -2.23. The Bertz CT molecular complexity index is 367. The topological polar surface area (TPSA) is 12.0 Å². The van der Waals surface area contributed by atoms with Crippen molar-refractivity contribution in [3.63, 3.8) is 0 Å². The van der Waals surface area contributed by atoms with Gasteiger partial charge in [-0.25, -0.2) is 0 Å². The highest BCUT2D eigenvalue weighted by atomic mass is 32.2. The van der Waals surface area contributed by atoms with E-state index in [1.54, 1.807) is 0 Å². The van der Waals surface area contributed by atoms with Gasteiger partial charge in [-0.3, -0.25) is 0 Å². The Kier molecular flexibility index (Phi) is 3.93. The van der Waals surface area contributed by atoms with Gasteiger partial charge in [-0.2, -0.15) is 0 Å². The summed E-state index contributed by atoms with van der Waals surface area (Å²) in [4.78, 5) is 1.46. The predicted octanol–water partition coefficient (Wildman–Crippen LogP) is 3.32. The number of hydrogen-bond donors (Lipinski definition) is 1. The molecule has 0 amide bonds. The Morgan fingerprint density at radius 1 is 1.31 bits per heavy atom. The van der Waals surface area contributed by atoms with Gasteiger partial charge in [0.1, 0.15) is 0 Å². The van der Waals surface area contributed by atoms with Gasteiger partial charge in [-0.1, -0.05) is 6.07 Å². The predicted molar refractivity (Wildman–Crippen MR) is 72.4 cm³/mol. The second-order valence-corrected chi connectivity index (χ2v) is 5.59. The van der Waals surface area contributed by atoms with Crippen molar-refractivity contribution in [3.8, 4) is 0 Å². The summed E-state index contributed by atoms with van der Waals surface area (Å²) in [5.74, 6) is 0. The number of rotatable bonds is 3. The van der Waals surface area contributed by atoms with Gasteiger partial charge in [0.25, 0.3) is 0 Å². The van der Waals surface area contributed by atoms with Crippen LogP contribution in [0.25, 0.3) is 0 Å². The molecule has 1 N–H and O–H groups in total. The molecule has 2 heteroatoms. The van der Waals surface area contributed by atoms with Gasteiger partial charge in [0.05, 0.1) is 0 Å². The molecule has 1 nitrogen and oxygen atoms in total. The fraction of sp³-hybridized carbons (Fsp3) is 0.571. The van der Waals surface area contributed by atoms with E-state index in [-0.39, 0.29) is 0 Å². The highest BCUT2D eigenvalue weighted by molar-refractivity contribution is 7.98. The van der Waals surface area contributed by atoms with Crippen molar-refractivity contribution in [2.24, 2.45) is 0 Å². The summed E-state index contributed by atoms with van der Waals surface area (Å²) in [6, 6.07) is 5.42. The Labute approximate surface area is 103 Å². The molecule has 1 aliphatic heterocycles. The van der Waals surface area contributed by atoms with Crippen LogP contribution in [0, 0.1) is 13.8 Å². The Hall–Kier alpha value is -0.470. The van der Waals surface area contributed by atoms with E-state index < -0.39 is 0 Å². The zero-order chi connectivity index (χ0) is 11.5. The third-order valence-electron chi connectivity index (χ3n) is 3.53. The van der Waals surface area contributed by atoms with Crippen molar-refractivity contribution in [1.82, 2.24) is 5.32 Å². The zero-order valence-electron chi connectivity index (χ0n) is 10.5. The molecule has 0 aliphatic carbocycles. The Morgan fingerprint density at radius 2 is 2.06 bits per heavy atom. The lowest BCUT2D eigenvalue weighted by Gasteiger charge is -2.15. The van der Waals surface area contributed by atoms with Gasteiger partial charge < -0.3 is 5.32 Å². The first kappa shape index (κ1) is 12.0. The number of nitrogens with one attached hydrogen (secondary N) is 1. The highest BCUT2D eigenvalue weighted by Gasteiger charge is 2.16. The number of thioether (sulfide) groups is 1. The third-order valence-corrected chi connectivity index (χ3v) is 4.35. The monoisotopic (exact) mass is 235 g/mol. The van der Waals surface area contributed by atoms with Crippen LogP contribution in [0.3, 0.4) is 0 Å². The summed E-state index contributed by atoms with van der Waals surface area (Å²) in [7, 11) is 0. The van der Waals surface area contributed by atoms with Crippen molar-refractivity contribution in [2.75, 3.05) is 12.8 Å². The van der Waals surface area contributed by atoms with Crippen LogP contribution in [0.2, 0.25) is 0 Å². The van der Waals surface area contributed by atoms with Crippen LogP contribution in [0.5, 0.6) is 0 Å². The van der Waals surface area contributed by atoms with E-state index in [4.69, 9.17) is 0 Å². The summed E-state index contributed by atoms with van der Waals surface area (Å²) in [5.41, 5.74) is 4.35. The Balaban J connectivity index is 2.20. The van der Waals surface area contributed by atoms with Gasteiger partial charge in [0.2, 0.25) is 0 Å². The standard InChI is InChI=1S/C14H21NS/c1-10-7-12(9-13-5-4-6-15-13)14(16-3)8-11(10)2/h7-8,13,15H,4-6,9H2,1-3H3. The van der Waals surface area contributed by atoms with Gasteiger partial charge in [-0.05, 0) is 68.7 Å². The van der Waals surface area contributed by atoms with Gasteiger partial charge in [-0.15, -0.1) is 11.8 Å². The molecular formula is C14H21NS. The SMILES string of the molecule is CSc1cc(C)c(C)cc1CC1CCCN1. The molecule has 0 aromatic heterocycles. The average molecular weight is 235 g/mol.